The first-order valence-electron chi connectivity index (χ1n) is 8.25. The molecule has 6 atom stereocenters. The van der Waals surface area contributed by atoms with Gasteiger partial charge in [0, 0.05) is 6.42 Å². The van der Waals surface area contributed by atoms with E-state index in [0.717, 1.165) is 7.11 Å². The summed E-state index contributed by atoms with van der Waals surface area (Å²) in [6, 6.07) is -1.20. The van der Waals surface area contributed by atoms with E-state index in [1.165, 1.54) is 6.92 Å². The number of hydrogen-bond donors (Lipinski definition) is 5. The van der Waals surface area contributed by atoms with E-state index in [-0.39, 0.29) is 6.42 Å². The van der Waals surface area contributed by atoms with Gasteiger partial charge in [-0.1, -0.05) is 0 Å². The Morgan fingerprint density at radius 1 is 1.35 bits per heavy atom. The van der Waals surface area contributed by atoms with Crippen LogP contribution >= 0.6 is 0 Å². The van der Waals surface area contributed by atoms with E-state index in [2.05, 4.69) is 10.1 Å². The van der Waals surface area contributed by atoms with E-state index in [4.69, 9.17) is 14.6 Å². The summed E-state index contributed by atoms with van der Waals surface area (Å²) < 4.78 is 15.4. The third-order valence-electron chi connectivity index (χ3n) is 3.98. The van der Waals surface area contributed by atoms with Crippen LogP contribution in [-0.2, 0) is 19.0 Å². The largest absolute Gasteiger partial charge is 0.467 e. The number of aliphatic hydroxyl groups is 4. The Hall–Kier alpha value is -1.46. The fourth-order valence-corrected chi connectivity index (χ4v) is 2.75. The number of carbonyl (C=O) groups is 2. The van der Waals surface area contributed by atoms with Crippen molar-refractivity contribution in [2.45, 2.75) is 75.8 Å². The minimum absolute atomic E-state index is 0.224. The maximum Gasteiger partial charge on any atom is 0.408 e. The Labute approximate surface area is 152 Å². The van der Waals surface area contributed by atoms with Crippen LogP contribution < -0.4 is 5.32 Å². The van der Waals surface area contributed by atoms with Gasteiger partial charge in [0.15, 0.2) is 5.60 Å². The topological polar surface area (TPSA) is 155 Å². The second-order valence-corrected chi connectivity index (χ2v) is 7.49. The lowest BCUT2D eigenvalue weighted by Gasteiger charge is -2.46. The number of hydrogen-bond acceptors (Lipinski definition) is 9. The second kappa shape index (κ2) is 8.49. The second-order valence-electron chi connectivity index (χ2n) is 7.49. The molecule has 0 saturated carbocycles. The molecule has 1 heterocycles. The van der Waals surface area contributed by atoms with Gasteiger partial charge in [-0.25, -0.2) is 9.59 Å². The van der Waals surface area contributed by atoms with Crippen molar-refractivity contribution in [1.29, 1.82) is 0 Å². The number of nitrogens with one attached hydrogen (secondary N) is 1. The summed E-state index contributed by atoms with van der Waals surface area (Å²) in [6.45, 7) is 5.52. The highest BCUT2D eigenvalue weighted by molar-refractivity contribution is 5.79. The third-order valence-corrected chi connectivity index (χ3v) is 3.98. The van der Waals surface area contributed by atoms with Crippen molar-refractivity contribution in [1.82, 2.24) is 5.32 Å². The number of ether oxygens (including phenoxy) is 3. The molecule has 0 aromatic rings. The molecule has 0 spiro atoms. The van der Waals surface area contributed by atoms with Crippen LogP contribution in [0.3, 0.4) is 0 Å². The van der Waals surface area contributed by atoms with E-state index in [9.17, 15) is 24.9 Å². The van der Waals surface area contributed by atoms with Crippen LogP contribution in [0.15, 0.2) is 0 Å². The standard InChI is InChI=1S/C16H29NO9/c1-15(2,3)26-14(23)17-10-8(19)6-16(4,13(22)24-5)25-12(10)11(21)9(20)7-18/h8-12,18-21H,6-7H2,1-5H3,(H,17,23)/t8-,9-,10-,11-,12?,16+/m1/s1. The zero-order chi connectivity index (χ0) is 20.3. The number of methoxy groups -OCH3 is 1. The first-order valence-corrected chi connectivity index (χ1v) is 8.25. The molecule has 10 heteroatoms. The molecule has 1 aliphatic heterocycles. The quantitative estimate of drug-likeness (QED) is 0.366. The number of amides is 1. The van der Waals surface area contributed by atoms with Crippen molar-refractivity contribution in [3.8, 4) is 0 Å². The molecule has 0 aliphatic carbocycles. The van der Waals surface area contributed by atoms with Crippen LogP contribution in [0, 0.1) is 0 Å². The monoisotopic (exact) mass is 379 g/mol. The van der Waals surface area contributed by atoms with Crippen LogP contribution in [0.5, 0.6) is 0 Å². The summed E-state index contributed by atoms with van der Waals surface area (Å²) in [5, 5.41) is 41.9. The molecule has 1 rings (SSSR count). The summed E-state index contributed by atoms with van der Waals surface area (Å²) in [5.41, 5.74) is -2.41. The van der Waals surface area contributed by atoms with E-state index in [0.29, 0.717) is 0 Å². The number of esters is 1. The minimum Gasteiger partial charge on any atom is -0.467 e. The first kappa shape index (κ1) is 22.6. The van der Waals surface area contributed by atoms with E-state index in [1.807, 2.05) is 0 Å². The van der Waals surface area contributed by atoms with E-state index < -0.39 is 60.3 Å². The smallest absolute Gasteiger partial charge is 0.408 e. The summed E-state index contributed by atoms with van der Waals surface area (Å²) in [6.07, 6.45) is -7.13. The molecule has 26 heavy (non-hydrogen) atoms. The maximum atomic E-state index is 12.0. The Balaban J connectivity index is 3.09. The molecule has 0 bridgehead atoms. The van der Waals surface area contributed by atoms with E-state index >= 15 is 0 Å². The van der Waals surface area contributed by atoms with Gasteiger partial charge in [0.2, 0.25) is 0 Å². The molecule has 1 aliphatic rings. The van der Waals surface area contributed by atoms with Crippen molar-refractivity contribution in [3.05, 3.63) is 0 Å². The van der Waals surface area contributed by atoms with Crippen molar-refractivity contribution in [3.63, 3.8) is 0 Å². The van der Waals surface area contributed by atoms with E-state index in [1.54, 1.807) is 20.8 Å². The molecule has 0 aromatic carbocycles. The summed E-state index contributed by atoms with van der Waals surface area (Å²) in [4.78, 5) is 24.0. The molecular formula is C16H29NO9. The van der Waals surface area contributed by atoms with Crippen LogP contribution in [0.2, 0.25) is 0 Å². The summed E-state index contributed by atoms with van der Waals surface area (Å²) in [5.74, 6) is -0.789. The molecule has 5 N–H and O–H groups in total. The lowest BCUT2D eigenvalue weighted by Crippen LogP contribution is -2.67. The van der Waals surface area contributed by atoms with Crippen molar-refractivity contribution in [2.75, 3.05) is 13.7 Å². The first-order chi connectivity index (χ1) is 11.8. The lowest BCUT2D eigenvalue weighted by molar-refractivity contribution is -0.225. The minimum atomic E-state index is -1.70. The Morgan fingerprint density at radius 2 is 1.92 bits per heavy atom. The van der Waals surface area contributed by atoms with Crippen LogP contribution in [-0.4, -0.2) is 87.9 Å². The zero-order valence-corrected chi connectivity index (χ0v) is 15.6. The van der Waals surface area contributed by atoms with Gasteiger partial charge in [-0.3, -0.25) is 0 Å². The molecule has 0 aromatic heterocycles. The Kier molecular flexibility index (Phi) is 7.37. The SMILES string of the molecule is COC(=O)[C@]1(C)C[C@@H](O)[C@@H](NC(=O)OC(C)(C)C)C([C@H](O)[C@H](O)CO)O1. The summed E-state index contributed by atoms with van der Waals surface area (Å²) in [7, 11) is 1.14. The highest BCUT2D eigenvalue weighted by atomic mass is 16.6. The van der Waals surface area contributed by atoms with Gasteiger partial charge in [0.05, 0.1) is 25.9 Å². The van der Waals surface area contributed by atoms with Gasteiger partial charge >= 0.3 is 12.1 Å². The average molecular weight is 379 g/mol. The highest BCUT2D eigenvalue weighted by Crippen LogP contribution is 2.32. The van der Waals surface area contributed by atoms with Crippen LogP contribution in [0.4, 0.5) is 4.79 Å². The molecule has 152 valence electrons. The van der Waals surface area contributed by atoms with Crippen LogP contribution in [0.1, 0.15) is 34.1 Å². The van der Waals surface area contributed by atoms with Gasteiger partial charge in [0.1, 0.15) is 23.9 Å². The molecule has 10 nitrogen and oxygen atoms in total. The van der Waals surface area contributed by atoms with Crippen LogP contribution in [0.25, 0.3) is 0 Å². The lowest BCUT2D eigenvalue weighted by atomic mass is 9.84. The van der Waals surface area contributed by atoms with Gasteiger partial charge in [0.25, 0.3) is 0 Å². The third kappa shape index (κ3) is 5.52. The van der Waals surface area contributed by atoms with Crippen molar-refractivity contribution in [2.24, 2.45) is 0 Å². The number of carbonyl (C=O) groups excluding carboxylic acids is 2. The van der Waals surface area contributed by atoms with Gasteiger partial charge < -0.3 is 40.0 Å². The molecule has 1 unspecified atom stereocenters. The number of aliphatic hydroxyl groups excluding tert-OH is 4. The fourth-order valence-electron chi connectivity index (χ4n) is 2.75. The Bertz CT molecular complexity index is 506. The van der Waals surface area contributed by atoms with Gasteiger partial charge in [-0.15, -0.1) is 0 Å². The predicted molar refractivity (Wildman–Crippen MR) is 88.2 cm³/mol. The normalized spacial score (nSPS) is 31.7. The molecule has 1 saturated heterocycles. The highest BCUT2D eigenvalue weighted by Gasteiger charge is 2.52. The molecule has 0 radical (unpaired) electrons. The maximum absolute atomic E-state index is 12.0. The predicted octanol–water partition coefficient (Wildman–Crippen LogP) is -1.32. The summed E-state index contributed by atoms with van der Waals surface area (Å²) >= 11 is 0. The average Bonchev–Trinajstić information content (AvgIpc) is 2.53. The molecular weight excluding hydrogens is 350 g/mol. The Morgan fingerprint density at radius 3 is 2.38 bits per heavy atom. The van der Waals surface area contributed by atoms with Crippen molar-refractivity contribution < 1.29 is 44.2 Å². The van der Waals surface area contributed by atoms with Crippen molar-refractivity contribution >= 4 is 12.1 Å². The van der Waals surface area contributed by atoms with Gasteiger partial charge in [-0.05, 0) is 27.7 Å². The number of alkyl carbamates (subject to hydrolysis) is 1. The van der Waals surface area contributed by atoms with Gasteiger partial charge in [-0.2, -0.15) is 0 Å². The molecule has 1 amide bonds. The number of rotatable bonds is 5. The zero-order valence-electron chi connectivity index (χ0n) is 15.6. The fraction of sp³-hybridized carbons (Fsp3) is 0.875. The molecule has 1 fully saturated rings.